The number of aryl methyl sites for hydroxylation is 1. The van der Waals surface area contributed by atoms with Gasteiger partial charge >= 0.3 is 0 Å². The summed E-state index contributed by atoms with van der Waals surface area (Å²) < 4.78 is 0. The average Bonchev–Trinajstić information content (AvgIpc) is 2.39. The molecule has 0 spiro atoms. The molecule has 0 saturated heterocycles. The minimum absolute atomic E-state index is 0.348. The topological polar surface area (TPSA) is 38.0 Å². The Morgan fingerprint density at radius 3 is 2.19 bits per heavy atom. The predicted octanol–water partition coefficient (Wildman–Crippen LogP) is 4.12. The van der Waals surface area contributed by atoms with Crippen molar-refractivity contribution in [3.8, 4) is 0 Å². The third-order valence-corrected chi connectivity index (χ3v) is 6.24. The van der Waals surface area contributed by atoms with Crippen molar-refractivity contribution in [2.24, 2.45) is 23.5 Å². The number of benzene rings is 1. The van der Waals surface area contributed by atoms with Crippen LogP contribution in [0.3, 0.4) is 0 Å². The van der Waals surface area contributed by atoms with E-state index in [-0.39, 0.29) is 0 Å². The van der Waals surface area contributed by atoms with Gasteiger partial charge in [-0.15, -0.1) is 0 Å². The van der Waals surface area contributed by atoms with Crippen LogP contribution < -0.4 is 11.1 Å². The molecule has 3 N–H and O–H groups in total. The second kappa shape index (κ2) is 4.70. The maximum absolute atomic E-state index is 5.60. The van der Waals surface area contributed by atoms with Crippen molar-refractivity contribution in [1.82, 2.24) is 0 Å². The number of nitrogens with two attached hydrogens (primary N) is 1. The third-order valence-electron chi connectivity index (χ3n) is 6.13. The molecule has 2 nitrogen and oxygen atoms in total. The minimum Gasteiger partial charge on any atom is -0.376 e. The highest BCUT2D eigenvalue weighted by Gasteiger charge is 2.51. The highest BCUT2D eigenvalue weighted by Crippen LogP contribution is 2.60. The van der Waals surface area contributed by atoms with Gasteiger partial charge in [-0.1, -0.05) is 12.1 Å². The van der Waals surface area contributed by atoms with Crippen LogP contribution in [0.1, 0.15) is 49.7 Å². The highest BCUT2D eigenvalue weighted by molar-refractivity contribution is 7.80. The van der Waals surface area contributed by atoms with Gasteiger partial charge in [-0.2, -0.15) is 0 Å². The largest absolute Gasteiger partial charge is 0.376 e. The summed E-state index contributed by atoms with van der Waals surface area (Å²) in [5.74, 6) is 2.97. The third kappa shape index (κ3) is 2.26. The molecule has 21 heavy (non-hydrogen) atoms. The van der Waals surface area contributed by atoms with E-state index in [0.717, 1.165) is 23.4 Å². The maximum atomic E-state index is 5.60. The molecule has 4 saturated carbocycles. The van der Waals surface area contributed by atoms with Gasteiger partial charge < -0.3 is 11.1 Å². The smallest absolute Gasteiger partial charge is 0.168 e. The molecule has 4 fully saturated rings. The SMILES string of the molecule is Cc1cc(C23CC4CC(CC(C4)C2)C3)ccc1NC(N)=S. The van der Waals surface area contributed by atoms with Gasteiger partial charge in [0.05, 0.1) is 0 Å². The van der Waals surface area contributed by atoms with Crippen molar-refractivity contribution in [3.05, 3.63) is 29.3 Å². The van der Waals surface area contributed by atoms with E-state index in [2.05, 4.69) is 30.4 Å². The summed E-state index contributed by atoms with van der Waals surface area (Å²) in [5.41, 5.74) is 9.95. The summed E-state index contributed by atoms with van der Waals surface area (Å²) in [6.45, 7) is 2.16. The van der Waals surface area contributed by atoms with Crippen molar-refractivity contribution in [2.45, 2.75) is 50.9 Å². The van der Waals surface area contributed by atoms with Crippen molar-refractivity contribution >= 4 is 23.0 Å². The van der Waals surface area contributed by atoms with E-state index in [1.165, 1.54) is 44.1 Å². The van der Waals surface area contributed by atoms with Crippen LogP contribution in [-0.2, 0) is 5.41 Å². The fourth-order valence-corrected chi connectivity index (χ4v) is 5.84. The molecule has 0 unspecified atom stereocenters. The molecule has 1 aromatic rings. The molecular weight excluding hydrogens is 276 g/mol. The van der Waals surface area contributed by atoms with E-state index in [1.807, 2.05) is 0 Å². The van der Waals surface area contributed by atoms with Crippen LogP contribution in [0.5, 0.6) is 0 Å². The second-order valence-corrected chi connectivity index (χ2v) is 8.16. The van der Waals surface area contributed by atoms with Gasteiger partial charge in [0.15, 0.2) is 5.11 Å². The van der Waals surface area contributed by atoms with Gasteiger partial charge in [-0.05, 0) is 98.0 Å². The van der Waals surface area contributed by atoms with Crippen molar-refractivity contribution < 1.29 is 0 Å². The molecule has 0 amide bonds. The Morgan fingerprint density at radius 2 is 1.71 bits per heavy atom. The summed E-state index contributed by atoms with van der Waals surface area (Å²) in [7, 11) is 0. The fraction of sp³-hybridized carbons (Fsp3) is 0.611. The van der Waals surface area contributed by atoms with Gasteiger partial charge in [0.1, 0.15) is 0 Å². The predicted molar refractivity (Wildman–Crippen MR) is 91.4 cm³/mol. The molecule has 0 heterocycles. The zero-order valence-electron chi connectivity index (χ0n) is 12.7. The molecule has 3 heteroatoms. The summed E-state index contributed by atoms with van der Waals surface area (Å²) >= 11 is 4.95. The van der Waals surface area contributed by atoms with Crippen LogP contribution in [0.4, 0.5) is 5.69 Å². The lowest BCUT2D eigenvalue weighted by Gasteiger charge is -2.57. The molecule has 4 aliphatic carbocycles. The zero-order chi connectivity index (χ0) is 14.6. The van der Waals surface area contributed by atoms with E-state index >= 15 is 0 Å². The molecule has 0 aliphatic heterocycles. The second-order valence-electron chi connectivity index (χ2n) is 7.72. The van der Waals surface area contributed by atoms with Gasteiger partial charge in [0.25, 0.3) is 0 Å². The lowest BCUT2D eigenvalue weighted by Crippen LogP contribution is -2.48. The first-order valence-electron chi connectivity index (χ1n) is 8.22. The summed E-state index contributed by atoms with van der Waals surface area (Å²) in [6.07, 6.45) is 8.75. The summed E-state index contributed by atoms with van der Waals surface area (Å²) in [4.78, 5) is 0. The summed E-state index contributed by atoms with van der Waals surface area (Å²) in [6, 6.07) is 6.87. The van der Waals surface area contributed by atoms with Crippen LogP contribution in [0, 0.1) is 24.7 Å². The lowest BCUT2D eigenvalue weighted by atomic mass is 9.48. The lowest BCUT2D eigenvalue weighted by molar-refractivity contribution is -0.00520. The molecule has 4 aliphatic rings. The Bertz CT molecular complexity index is 558. The average molecular weight is 300 g/mol. The van der Waals surface area contributed by atoms with Gasteiger partial charge in [0.2, 0.25) is 0 Å². The quantitative estimate of drug-likeness (QED) is 0.807. The Kier molecular flexibility index (Phi) is 3.04. The van der Waals surface area contributed by atoms with Crippen molar-refractivity contribution in [1.29, 1.82) is 0 Å². The normalized spacial score (nSPS) is 36.7. The molecule has 4 bridgehead atoms. The number of hydrogen-bond donors (Lipinski definition) is 2. The molecule has 112 valence electrons. The van der Waals surface area contributed by atoms with Crippen LogP contribution in [0.15, 0.2) is 18.2 Å². The summed E-state index contributed by atoms with van der Waals surface area (Å²) in [5, 5.41) is 3.43. The first kappa shape index (κ1) is 13.6. The monoisotopic (exact) mass is 300 g/mol. The van der Waals surface area contributed by atoms with Gasteiger partial charge in [0, 0.05) is 5.69 Å². The van der Waals surface area contributed by atoms with E-state index in [9.17, 15) is 0 Å². The number of thiocarbonyl (C=S) groups is 1. The van der Waals surface area contributed by atoms with Gasteiger partial charge in [-0.25, -0.2) is 0 Å². The molecule has 5 rings (SSSR count). The molecule has 0 radical (unpaired) electrons. The Hall–Kier alpha value is -1.09. The van der Waals surface area contributed by atoms with E-state index in [4.69, 9.17) is 18.0 Å². The van der Waals surface area contributed by atoms with Crippen LogP contribution >= 0.6 is 12.2 Å². The van der Waals surface area contributed by atoms with Crippen LogP contribution in [-0.4, -0.2) is 5.11 Å². The first-order chi connectivity index (χ1) is 10.0. The van der Waals surface area contributed by atoms with E-state index in [0.29, 0.717) is 10.5 Å². The van der Waals surface area contributed by atoms with Gasteiger partial charge in [-0.3, -0.25) is 0 Å². The first-order valence-corrected chi connectivity index (χ1v) is 8.62. The zero-order valence-corrected chi connectivity index (χ0v) is 13.5. The number of nitrogens with one attached hydrogen (secondary N) is 1. The van der Waals surface area contributed by atoms with E-state index in [1.54, 1.807) is 5.56 Å². The minimum atomic E-state index is 0.348. The fourth-order valence-electron chi connectivity index (χ4n) is 5.73. The van der Waals surface area contributed by atoms with Crippen molar-refractivity contribution in [3.63, 3.8) is 0 Å². The molecule has 0 aromatic heterocycles. The van der Waals surface area contributed by atoms with E-state index < -0.39 is 0 Å². The Labute approximate surface area is 132 Å². The van der Waals surface area contributed by atoms with Crippen LogP contribution in [0.2, 0.25) is 0 Å². The highest BCUT2D eigenvalue weighted by atomic mass is 32.1. The molecule has 0 atom stereocenters. The Balaban J connectivity index is 1.67. The number of rotatable bonds is 2. The number of anilines is 1. The maximum Gasteiger partial charge on any atom is 0.168 e. The number of hydrogen-bond acceptors (Lipinski definition) is 1. The standard InChI is InChI=1S/C18H24N2S/c1-11-4-15(2-3-16(11)20-17(19)21)18-8-12-5-13(9-18)7-14(6-12)10-18/h2-4,12-14H,5-10H2,1H3,(H3,19,20,21). The van der Waals surface area contributed by atoms with Crippen molar-refractivity contribution in [2.75, 3.05) is 5.32 Å². The molecule has 1 aromatic carbocycles. The van der Waals surface area contributed by atoms with Crippen LogP contribution in [0.25, 0.3) is 0 Å². The Morgan fingerprint density at radius 1 is 1.14 bits per heavy atom. The molecular formula is C18H24N2S.